The van der Waals surface area contributed by atoms with Crippen LogP contribution in [0.2, 0.25) is 0 Å². The van der Waals surface area contributed by atoms with Crippen LogP contribution >= 0.6 is 0 Å². The number of carbonyl (C=O) groups is 1. The van der Waals surface area contributed by atoms with Gasteiger partial charge in [0.05, 0.1) is 4.90 Å². The van der Waals surface area contributed by atoms with E-state index >= 15 is 0 Å². The quantitative estimate of drug-likeness (QED) is 0.795. The fourth-order valence-electron chi connectivity index (χ4n) is 3.94. The number of nitrogens with one attached hydrogen (secondary N) is 1. The van der Waals surface area contributed by atoms with Crippen molar-refractivity contribution in [3.05, 3.63) is 58.1 Å². The number of amides is 1. The van der Waals surface area contributed by atoms with E-state index in [9.17, 15) is 13.2 Å². The second-order valence-electron chi connectivity index (χ2n) is 8.29. The summed E-state index contributed by atoms with van der Waals surface area (Å²) >= 11 is 0. The minimum absolute atomic E-state index is 0.181. The molecule has 1 amide bonds. The summed E-state index contributed by atoms with van der Waals surface area (Å²) in [4.78, 5) is 13.2. The van der Waals surface area contributed by atoms with Crippen LogP contribution in [-0.2, 0) is 10.0 Å². The molecule has 1 saturated heterocycles. The summed E-state index contributed by atoms with van der Waals surface area (Å²) in [6, 6.07) is 8.86. The summed E-state index contributed by atoms with van der Waals surface area (Å²) in [5.41, 5.74) is 5.02. The Morgan fingerprint density at radius 1 is 0.966 bits per heavy atom. The number of sulfonamides is 1. The predicted molar refractivity (Wildman–Crippen MR) is 117 cm³/mol. The van der Waals surface area contributed by atoms with E-state index in [0.717, 1.165) is 40.8 Å². The smallest absolute Gasteiger partial charge is 0.255 e. The monoisotopic (exact) mass is 414 g/mol. The molecule has 0 unspecified atom stereocenters. The molecule has 0 radical (unpaired) electrons. The fourth-order valence-corrected chi connectivity index (χ4v) is 5.44. The molecule has 0 aliphatic carbocycles. The second-order valence-corrected chi connectivity index (χ2v) is 10.2. The van der Waals surface area contributed by atoms with E-state index < -0.39 is 10.0 Å². The lowest BCUT2D eigenvalue weighted by Crippen LogP contribution is -2.38. The Balaban J connectivity index is 1.90. The van der Waals surface area contributed by atoms with Crippen molar-refractivity contribution in [1.82, 2.24) is 4.31 Å². The lowest BCUT2D eigenvalue weighted by molar-refractivity contribution is 0.102. The van der Waals surface area contributed by atoms with Gasteiger partial charge in [-0.3, -0.25) is 4.79 Å². The zero-order valence-corrected chi connectivity index (χ0v) is 18.7. The molecule has 1 heterocycles. The molecule has 2 aromatic rings. The molecule has 1 fully saturated rings. The number of anilines is 1. The second kappa shape index (κ2) is 8.28. The van der Waals surface area contributed by atoms with Gasteiger partial charge < -0.3 is 5.32 Å². The van der Waals surface area contributed by atoms with Crippen LogP contribution in [-0.4, -0.2) is 31.7 Å². The van der Waals surface area contributed by atoms with Gasteiger partial charge in [0.25, 0.3) is 5.91 Å². The first-order valence-electron chi connectivity index (χ1n) is 10.1. The van der Waals surface area contributed by atoms with Crippen LogP contribution < -0.4 is 5.32 Å². The molecule has 2 aromatic carbocycles. The molecule has 5 nitrogen and oxygen atoms in total. The molecule has 0 atom stereocenters. The summed E-state index contributed by atoms with van der Waals surface area (Å²) in [6.07, 6.45) is 1.73. The van der Waals surface area contributed by atoms with Gasteiger partial charge in [-0.2, -0.15) is 4.31 Å². The van der Waals surface area contributed by atoms with Crippen molar-refractivity contribution >= 4 is 21.6 Å². The summed E-state index contributed by atoms with van der Waals surface area (Å²) in [6.45, 7) is 11.0. The van der Waals surface area contributed by atoms with Crippen LogP contribution in [0.1, 0.15) is 52.4 Å². The molecule has 156 valence electrons. The number of nitrogens with zero attached hydrogens (tertiary/aromatic N) is 1. The van der Waals surface area contributed by atoms with Crippen molar-refractivity contribution < 1.29 is 13.2 Å². The van der Waals surface area contributed by atoms with Crippen molar-refractivity contribution in [2.24, 2.45) is 5.92 Å². The summed E-state index contributed by atoms with van der Waals surface area (Å²) in [7, 11) is -3.60. The Bertz CT molecular complexity index is 1010. The minimum Gasteiger partial charge on any atom is -0.321 e. The van der Waals surface area contributed by atoms with E-state index in [1.807, 2.05) is 39.8 Å². The Labute approximate surface area is 174 Å². The van der Waals surface area contributed by atoms with Crippen LogP contribution in [0.4, 0.5) is 5.69 Å². The molecule has 0 saturated carbocycles. The van der Waals surface area contributed by atoms with E-state index in [4.69, 9.17) is 0 Å². The molecule has 6 heteroatoms. The molecule has 29 heavy (non-hydrogen) atoms. The van der Waals surface area contributed by atoms with Gasteiger partial charge in [0.1, 0.15) is 0 Å². The van der Waals surface area contributed by atoms with E-state index in [2.05, 4.69) is 12.2 Å². The average Bonchev–Trinajstić information content (AvgIpc) is 2.65. The Hall–Kier alpha value is -2.18. The van der Waals surface area contributed by atoms with Crippen molar-refractivity contribution in [2.45, 2.75) is 52.4 Å². The first-order valence-corrected chi connectivity index (χ1v) is 11.5. The molecule has 3 rings (SSSR count). The predicted octanol–water partition coefficient (Wildman–Crippen LogP) is 4.59. The highest BCUT2D eigenvalue weighted by molar-refractivity contribution is 7.89. The van der Waals surface area contributed by atoms with Gasteiger partial charge in [-0.1, -0.05) is 30.7 Å². The largest absolute Gasteiger partial charge is 0.321 e. The van der Waals surface area contributed by atoms with Crippen LogP contribution in [0.3, 0.4) is 0 Å². The number of rotatable bonds is 4. The van der Waals surface area contributed by atoms with Crippen LogP contribution in [0.15, 0.2) is 35.2 Å². The zero-order valence-electron chi connectivity index (χ0n) is 17.9. The normalized spacial score (nSPS) is 16.0. The highest BCUT2D eigenvalue weighted by atomic mass is 32.2. The first kappa shape index (κ1) is 21.5. The molecule has 0 spiro atoms. The lowest BCUT2D eigenvalue weighted by Gasteiger charge is -2.29. The van der Waals surface area contributed by atoms with Gasteiger partial charge in [0.15, 0.2) is 0 Å². The molecule has 0 aromatic heterocycles. The van der Waals surface area contributed by atoms with Gasteiger partial charge >= 0.3 is 0 Å². The van der Waals surface area contributed by atoms with Crippen LogP contribution in [0.25, 0.3) is 0 Å². The van der Waals surface area contributed by atoms with E-state index in [-0.39, 0.29) is 10.8 Å². The summed E-state index contributed by atoms with van der Waals surface area (Å²) < 4.78 is 27.7. The topological polar surface area (TPSA) is 66.5 Å². The maximum atomic E-state index is 13.1. The zero-order chi connectivity index (χ0) is 21.3. The van der Waals surface area contributed by atoms with Crippen molar-refractivity contribution in [3.8, 4) is 0 Å². The molecule has 0 bridgehead atoms. The third-order valence-electron chi connectivity index (χ3n) is 5.75. The van der Waals surface area contributed by atoms with E-state index in [0.29, 0.717) is 24.6 Å². The van der Waals surface area contributed by atoms with Crippen molar-refractivity contribution in [2.75, 3.05) is 18.4 Å². The number of carbonyl (C=O) groups excluding carboxylic acids is 1. The molecular weight excluding hydrogens is 384 g/mol. The highest BCUT2D eigenvalue weighted by Gasteiger charge is 2.29. The fraction of sp³-hybridized carbons (Fsp3) is 0.435. The van der Waals surface area contributed by atoms with Gasteiger partial charge in [0, 0.05) is 24.3 Å². The van der Waals surface area contributed by atoms with Gasteiger partial charge in [-0.25, -0.2) is 8.42 Å². The molecule has 1 aliphatic heterocycles. The van der Waals surface area contributed by atoms with E-state index in [1.54, 1.807) is 12.1 Å². The average molecular weight is 415 g/mol. The highest BCUT2D eigenvalue weighted by Crippen LogP contribution is 2.27. The number of hydrogen-bond donors (Lipinski definition) is 1. The Morgan fingerprint density at radius 2 is 1.55 bits per heavy atom. The van der Waals surface area contributed by atoms with Crippen LogP contribution in [0.5, 0.6) is 0 Å². The number of piperidine rings is 1. The molecule has 1 N–H and O–H groups in total. The number of aryl methyl sites for hydroxylation is 4. The maximum absolute atomic E-state index is 13.1. The first-order chi connectivity index (χ1) is 13.6. The molecular formula is C23H30N2O3S. The van der Waals surface area contributed by atoms with Gasteiger partial charge in [0.2, 0.25) is 10.0 Å². The Kier molecular flexibility index (Phi) is 6.15. The van der Waals surface area contributed by atoms with E-state index in [1.165, 1.54) is 10.4 Å². The minimum atomic E-state index is -3.60. The lowest BCUT2D eigenvalue weighted by atomic mass is 10.0. The SMILES string of the molecule is Cc1cc(C)c(NC(=O)c2cc(S(=O)(=O)N3CCC(C)CC3)ccc2C)c(C)c1. The third-order valence-corrected chi connectivity index (χ3v) is 7.64. The van der Waals surface area contributed by atoms with Crippen molar-refractivity contribution in [1.29, 1.82) is 0 Å². The Morgan fingerprint density at radius 3 is 2.14 bits per heavy atom. The summed E-state index contributed by atoms with van der Waals surface area (Å²) in [5, 5.41) is 2.98. The maximum Gasteiger partial charge on any atom is 0.255 e. The molecule has 1 aliphatic rings. The summed E-state index contributed by atoms with van der Waals surface area (Å²) in [5.74, 6) is 0.253. The van der Waals surface area contributed by atoms with Crippen molar-refractivity contribution in [3.63, 3.8) is 0 Å². The van der Waals surface area contributed by atoms with Gasteiger partial charge in [-0.15, -0.1) is 0 Å². The standard InChI is InChI=1S/C23H30N2O3S/c1-15-8-10-25(11-9-15)29(27,28)20-7-6-17(3)21(14-20)23(26)24-22-18(4)12-16(2)13-19(22)5/h6-7,12-15H,8-11H2,1-5H3,(H,24,26). The van der Waals surface area contributed by atoms with Crippen LogP contribution in [0, 0.1) is 33.6 Å². The number of benzene rings is 2. The van der Waals surface area contributed by atoms with Gasteiger partial charge in [-0.05, 0) is 75.3 Å². The number of hydrogen-bond acceptors (Lipinski definition) is 3. The third kappa shape index (κ3) is 4.54.